The van der Waals surface area contributed by atoms with Gasteiger partial charge < -0.3 is 0 Å². The fourth-order valence-electron chi connectivity index (χ4n) is 2.43. The summed E-state index contributed by atoms with van der Waals surface area (Å²) >= 11 is 0. The van der Waals surface area contributed by atoms with E-state index in [1.807, 2.05) is 6.20 Å². The Morgan fingerprint density at radius 2 is 2.25 bits per heavy atom. The Morgan fingerprint density at radius 1 is 1.50 bits per heavy atom. The smallest absolute Gasteiger partial charge is 0.184 e. The number of nitrogens with zero attached hydrogens (tertiary/aromatic N) is 3. The summed E-state index contributed by atoms with van der Waals surface area (Å²) in [6.45, 7) is 5.27. The zero-order chi connectivity index (χ0) is 11.8. The lowest BCUT2D eigenvalue weighted by Crippen LogP contribution is -2.39. The van der Waals surface area contributed by atoms with Gasteiger partial charge in [0.1, 0.15) is 0 Å². The first-order valence-electron chi connectivity index (χ1n) is 5.85. The van der Waals surface area contributed by atoms with Crippen LogP contribution in [0.15, 0.2) is 23.9 Å². The van der Waals surface area contributed by atoms with Gasteiger partial charge in [0.25, 0.3) is 0 Å². The number of hydrogen-bond acceptors (Lipinski definition) is 3. The first-order valence-corrected chi connectivity index (χ1v) is 5.85. The van der Waals surface area contributed by atoms with E-state index < -0.39 is 0 Å². The minimum absolute atomic E-state index is 0.185. The minimum Gasteiger partial charge on any atom is -0.299 e. The van der Waals surface area contributed by atoms with E-state index in [-0.39, 0.29) is 5.54 Å². The summed E-state index contributed by atoms with van der Waals surface area (Å²) in [4.78, 5) is 4.11. The standard InChI is InChI=1S/C13H19N3/c1-13(2)7-6-11(9-16(13)10-14)12-5-4-8-15(12)3/h6-7,9,12H,4-5,8H2,1-3H3. The van der Waals surface area contributed by atoms with Crippen molar-refractivity contribution in [1.29, 1.82) is 5.26 Å². The van der Waals surface area contributed by atoms with Crippen LogP contribution in [-0.4, -0.2) is 35.0 Å². The Labute approximate surface area is 97.6 Å². The highest BCUT2D eigenvalue weighted by molar-refractivity contribution is 5.33. The molecule has 16 heavy (non-hydrogen) atoms. The number of rotatable bonds is 1. The zero-order valence-electron chi connectivity index (χ0n) is 10.3. The quantitative estimate of drug-likeness (QED) is 0.630. The van der Waals surface area contributed by atoms with Gasteiger partial charge in [0.2, 0.25) is 0 Å². The summed E-state index contributed by atoms with van der Waals surface area (Å²) in [6, 6.07) is 0.489. The van der Waals surface area contributed by atoms with Crippen molar-refractivity contribution in [3.63, 3.8) is 0 Å². The van der Waals surface area contributed by atoms with Crippen molar-refractivity contribution >= 4 is 0 Å². The third-order valence-corrected chi connectivity index (χ3v) is 3.60. The molecule has 1 unspecified atom stereocenters. The van der Waals surface area contributed by atoms with Crippen LogP contribution in [0.3, 0.4) is 0 Å². The van der Waals surface area contributed by atoms with Gasteiger partial charge in [-0.3, -0.25) is 9.80 Å². The molecule has 0 aromatic heterocycles. The summed E-state index contributed by atoms with van der Waals surface area (Å²) in [6.07, 6.45) is 11.0. The second-order valence-corrected chi connectivity index (χ2v) is 5.22. The molecule has 2 rings (SSSR count). The highest BCUT2D eigenvalue weighted by Gasteiger charge is 2.30. The molecule has 2 aliphatic heterocycles. The zero-order valence-corrected chi connectivity index (χ0v) is 10.3. The molecule has 0 spiro atoms. The van der Waals surface area contributed by atoms with Gasteiger partial charge in [0.05, 0.1) is 5.54 Å². The van der Waals surface area contributed by atoms with Gasteiger partial charge in [-0.05, 0) is 45.9 Å². The Bertz CT molecular complexity index is 373. The maximum atomic E-state index is 9.14. The predicted molar refractivity (Wildman–Crippen MR) is 64.4 cm³/mol. The Kier molecular flexibility index (Phi) is 2.77. The van der Waals surface area contributed by atoms with Crippen molar-refractivity contribution in [2.45, 2.75) is 38.3 Å². The molecule has 0 aromatic rings. The van der Waals surface area contributed by atoms with Crippen LogP contribution in [0.5, 0.6) is 0 Å². The van der Waals surface area contributed by atoms with Gasteiger partial charge in [-0.1, -0.05) is 12.2 Å². The lowest BCUT2D eigenvalue weighted by molar-refractivity contribution is 0.306. The molecule has 1 fully saturated rings. The largest absolute Gasteiger partial charge is 0.299 e. The third kappa shape index (κ3) is 1.85. The topological polar surface area (TPSA) is 30.3 Å². The van der Waals surface area contributed by atoms with Crippen LogP contribution in [0.4, 0.5) is 0 Å². The predicted octanol–water partition coefficient (Wildman–Crippen LogP) is 2.10. The van der Waals surface area contributed by atoms with Crippen LogP contribution in [0.25, 0.3) is 0 Å². The van der Waals surface area contributed by atoms with Crippen molar-refractivity contribution in [3.05, 3.63) is 23.9 Å². The Morgan fingerprint density at radius 3 is 2.81 bits per heavy atom. The molecule has 3 heteroatoms. The molecule has 0 aromatic carbocycles. The van der Waals surface area contributed by atoms with Gasteiger partial charge in [0.15, 0.2) is 6.19 Å². The summed E-state index contributed by atoms with van der Waals surface area (Å²) in [5.41, 5.74) is 1.08. The minimum atomic E-state index is -0.185. The molecule has 3 nitrogen and oxygen atoms in total. The first kappa shape index (κ1) is 11.2. The van der Waals surface area contributed by atoms with E-state index >= 15 is 0 Å². The van der Waals surface area contributed by atoms with Crippen molar-refractivity contribution in [3.8, 4) is 6.19 Å². The molecule has 0 saturated carbocycles. The van der Waals surface area contributed by atoms with Gasteiger partial charge in [-0.2, -0.15) is 5.26 Å². The van der Waals surface area contributed by atoms with E-state index in [1.54, 1.807) is 4.90 Å². The molecule has 0 bridgehead atoms. The van der Waals surface area contributed by atoms with E-state index in [0.717, 1.165) is 6.54 Å². The fraction of sp³-hybridized carbons (Fsp3) is 0.615. The van der Waals surface area contributed by atoms with Gasteiger partial charge in [0, 0.05) is 12.2 Å². The molecule has 0 amide bonds. The lowest BCUT2D eigenvalue weighted by atomic mass is 9.94. The molecular weight excluding hydrogens is 198 g/mol. The number of hydrogen-bond donors (Lipinski definition) is 0. The van der Waals surface area contributed by atoms with Gasteiger partial charge in [-0.15, -0.1) is 0 Å². The Balaban J connectivity index is 2.22. The van der Waals surface area contributed by atoms with Crippen molar-refractivity contribution < 1.29 is 0 Å². The Hall–Kier alpha value is -1.27. The summed E-state index contributed by atoms with van der Waals surface area (Å²) in [5, 5.41) is 9.14. The number of likely N-dealkylation sites (N-methyl/N-ethyl adjacent to an activating group) is 1. The average Bonchev–Trinajstić information content (AvgIpc) is 2.64. The molecule has 0 aliphatic carbocycles. The van der Waals surface area contributed by atoms with Crippen LogP contribution < -0.4 is 0 Å². The maximum Gasteiger partial charge on any atom is 0.184 e. The van der Waals surface area contributed by atoms with Crippen molar-refractivity contribution in [1.82, 2.24) is 9.80 Å². The second kappa shape index (κ2) is 3.95. The van der Waals surface area contributed by atoms with Crippen molar-refractivity contribution in [2.75, 3.05) is 13.6 Å². The van der Waals surface area contributed by atoms with E-state index in [1.165, 1.54) is 18.4 Å². The van der Waals surface area contributed by atoms with Crippen molar-refractivity contribution in [2.24, 2.45) is 0 Å². The summed E-state index contributed by atoms with van der Waals surface area (Å²) in [5.74, 6) is 0. The van der Waals surface area contributed by atoms with E-state index in [2.05, 4.69) is 44.1 Å². The summed E-state index contributed by atoms with van der Waals surface area (Å²) in [7, 11) is 2.16. The first-order chi connectivity index (χ1) is 7.54. The van der Waals surface area contributed by atoms with Crippen LogP contribution >= 0.6 is 0 Å². The monoisotopic (exact) mass is 217 g/mol. The molecule has 2 aliphatic rings. The lowest BCUT2D eigenvalue weighted by Gasteiger charge is -2.34. The average molecular weight is 217 g/mol. The molecular formula is C13H19N3. The van der Waals surface area contributed by atoms with Crippen LogP contribution in [-0.2, 0) is 0 Å². The van der Waals surface area contributed by atoms with E-state index in [0.29, 0.717) is 6.04 Å². The molecule has 1 atom stereocenters. The second-order valence-electron chi connectivity index (χ2n) is 5.22. The highest BCUT2D eigenvalue weighted by Crippen LogP contribution is 2.29. The van der Waals surface area contributed by atoms with E-state index in [4.69, 9.17) is 5.26 Å². The van der Waals surface area contributed by atoms with Crippen LogP contribution in [0.1, 0.15) is 26.7 Å². The third-order valence-electron chi connectivity index (χ3n) is 3.60. The van der Waals surface area contributed by atoms with E-state index in [9.17, 15) is 0 Å². The summed E-state index contributed by atoms with van der Waals surface area (Å²) < 4.78 is 0. The number of likely N-dealkylation sites (tertiary alicyclic amines) is 1. The van der Waals surface area contributed by atoms with Gasteiger partial charge >= 0.3 is 0 Å². The molecule has 86 valence electrons. The molecule has 0 radical (unpaired) electrons. The maximum absolute atomic E-state index is 9.14. The van der Waals surface area contributed by atoms with Crippen LogP contribution in [0.2, 0.25) is 0 Å². The normalized spacial score (nSPS) is 29.0. The van der Waals surface area contributed by atoms with Crippen LogP contribution in [0, 0.1) is 11.5 Å². The molecule has 1 saturated heterocycles. The number of nitriles is 1. The molecule has 0 N–H and O–H groups in total. The molecule has 2 heterocycles. The fourth-order valence-corrected chi connectivity index (χ4v) is 2.43. The highest BCUT2D eigenvalue weighted by atomic mass is 15.2. The van der Waals surface area contributed by atoms with Gasteiger partial charge in [-0.25, -0.2) is 0 Å². The SMILES string of the molecule is CN1CCCC1C1=CN(C#N)C(C)(C)C=C1.